The quantitative estimate of drug-likeness (QED) is 0.145. The topological polar surface area (TPSA) is 95.5 Å². The molecule has 1 aliphatic rings. The van der Waals surface area contributed by atoms with E-state index in [-0.39, 0.29) is 39.4 Å². The Hall–Kier alpha value is -4.83. The molecule has 1 aromatic heterocycles. The highest BCUT2D eigenvalue weighted by atomic mass is 35.5. The van der Waals surface area contributed by atoms with E-state index in [2.05, 4.69) is 16.5 Å². The molecule has 1 amide bonds. The lowest BCUT2D eigenvalue weighted by Crippen LogP contribution is -2.40. The molecule has 0 radical (unpaired) electrons. The number of nitrogens with zero attached hydrogens (tertiary/aromatic N) is 2. The number of aromatic carboxylic acids is 1. The molecule has 1 atom stereocenters. The van der Waals surface area contributed by atoms with Crippen molar-refractivity contribution in [3.8, 4) is 5.75 Å². The van der Waals surface area contributed by atoms with Gasteiger partial charge >= 0.3 is 12.0 Å². The van der Waals surface area contributed by atoms with E-state index in [1.807, 2.05) is 6.92 Å². The Morgan fingerprint density at radius 1 is 1.18 bits per heavy atom. The molecule has 0 saturated carbocycles. The zero-order valence-electron chi connectivity index (χ0n) is 23.7. The third kappa shape index (κ3) is 5.26. The standard InChI is InChI=1S/C33H27ClF3N3O4/c1-4-8-28-22-9-5-6-11-24(22)33(36,37)40(28)31(41)19-12-13-20(23(15-19)32(42)43)18(2)21(10-7-14-34)30-38-26-16-25(35)29(44-3)17-27(26)39-30/h5-7,9-17,28H,2,4,8H2,1,3H3,(H,38,39)(H,42,43)/b14-7-,21-10+. The summed E-state index contributed by atoms with van der Waals surface area (Å²) in [5.41, 5.74) is 2.09. The van der Waals surface area contributed by atoms with Crippen LogP contribution in [0.15, 0.2) is 78.9 Å². The molecule has 0 fully saturated rings. The van der Waals surface area contributed by atoms with Crippen molar-refractivity contribution < 1.29 is 32.6 Å². The van der Waals surface area contributed by atoms with Crippen molar-refractivity contribution in [3.63, 3.8) is 0 Å². The molecule has 0 spiro atoms. The Kier molecular flexibility index (Phi) is 8.38. The van der Waals surface area contributed by atoms with Gasteiger partial charge in [0.2, 0.25) is 0 Å². The molecule has 0 saturated heterocycles. The van der Waals surface area contributed by atoms with Gasteiger partial charge in [0.1, 0.15) is 5.82 Å². The number of carbonyl (C=O) groups excluding carboxylic acids is 1. The SMILES string of the molecule is C=C(/C(=C\C=C/Cl)c1nc2cc(OC)c(F)cc2[nH]1)c1ccc(C(=O)N2C(CCC)c3ccccc3C2(F)F)cc1C(=O)O. The molecule has 7 nitrogen and oxygen atoms in total. The summed E-state index contributed by atoms with van der Waals surface area (Å²) in [4.78, 5) is 34.2. The lowest BCUT2D eigenvalue weighted by molar-refractivity contribution is -0.133. The summed E-state index contributed by atoms with van der Waals surface area (Å²) in [5.74, 6) is -2.80. The number of allylic oxidation sites excluding steroid dienone is 4. The summed E-state index contributed by atoms with van der Waals surface area (Å²) in [6, 6.07) is 7.88. The van der Waals surface area contributed by atoms with E-state index in [4.69, 9.17) is 16.3 Å². The van der Waals surface area contributed by atoms with E-state index in [9.17, 15) is 19.1 Å². The van der Waals surface area contributed by atoms with Crippen LogP contribution in [0.5, 0.6) is 5.75 Å². The number of imidazole rings is 1. The van der Waals surface area contributed by atoms with Gasteiger partial charge in [0.15, 0.2) is 11.6 Å². The van der Waals surface area contributed by atoms with Crippen LogP contribution in [-0.2, 0) is 6.05 Å². The Morgan fingerprint density at radius 2 is 1.93 bits per heavy atom. The molecule has 4 aromatic rings. The number of aromatic amines is 1. The number of hydrogen-bond donors (Lipinski definition) is 2. The zero-order chi connectivity index (χ0) is 31.8. The van der Waals surface area contributed by atoms with Crippen molar-refractivity contribution in [1.82, 2.24) is 14.9 Å². The highest BCUT2D eigenvalue weighted by Crippen LogP contribution is 2.50. The number of methoxy groups -OCH3 is 1. The fraction of sp³-hybridized carbons (Fsp3) is 0.182. The lowest BCUT2D eigenvalue weighted by atomic mass is 9.92. The Morgan fingerprint density at radius 3 is 2.61 bits per heavy atom. The van der Waals surface area contributed by atoms with Crippen LogP contribution in [-0.4, -0.2) is 39.0 Å². The van der Waals surface area contributed by atoms with Crippen LogP contribution in [0.1, 0.15) is 69.0 Å². The normalized spacial score (nSPS) is 16.0. The number of fused-ring (bicyclic) bond motifs is 2. The number of ether oxygens (including phenoxy) is 1. The number of carbonyl (C=O) groups is 2. The average molecular weight is 622 g/mol. The van der Waals surface area contributed by atoms with Gasteiger partial charge in [0, 0.05) is 34.4 Å². The Bertz CT molecular complexity index is 1860. The minimum absolute atomic E-state index is 0.0122. The monoisotopic (exact) mass is 621 g/mol. The van der Waals surface area contributed by atoms with Gasteiger partial charge < -0.3 is 14.8 Å². The minimum atomic E-state index is -3.59. The largest absolute Gasteiger partial charge is 0.494 e. The Balaban J connectivity index is 1.56. The summed E-state index contributed by atoms with van der Waals surface area (Å²) in [7, 11) is 1.33. The maximum absolute atomic E-state index is 15.7. The molecule has 226 valence electrons. The Labute approximate surface area is 255 Å². The van der Waals surface area contributed by atoms with E-state index < -0.39 is 29.8 Å². The second kappa shape index (κ2) is 12.0. The van der Waals surface area contributed by atoms with Crippen LogP contribution in [0.4, 0.5) is 13.2 Å². The summed E-state index contributed by atoms with van der Waals surface area (Å²) in [6.07, 6.45) is 3.85. The van der Waals surface area contributed by atoms with Gasteiger partial charge in [-0.2, -0.15) is 8.78 Å². The van der Waals surface area contributed by atoms with Crippen molar-refractivity contribution in [2.75, 3.05) is 7.11 Å². The highest BCUT2D eigenvalue weighted by Gasteiger charge is 2.54. The number of H-pyrrole nitrogens is 1. The number of carboxylic acid groups (broad SMARTS) is 1. The van der Waals surface area contributed by atoms with E-state index in [1.165, 1.54) is 61.2 Å². The second-order valence-corrected chi connectivity index (χ2v) is 10.4. The van der Waals surface area contributed by atoms with Crippen LogP contribution in [0.3, 0.4) is 0 Å². The first-order chi connectivity index (χ1) is 21.0. The molecule has 0 bridgehead atoms. The summed E-state index contributed by atoms with van der Waals surface area (Å²) < 4.78 is 50.7. The van der Waals surface area contributed by atoms with Gasteiger partial charge in [0.25, 0.3) is 5.91 Å². The van der Waals surface area contributed by atoms with E-state index >= 15 is 8.78 Å². The summed E-state index contributed by atoms with van der Waals surface area (Å²) in [5, 5.41) is 10.2. The fourth-order valence-corrected chi connectivity index (χ4v) is 5.58. The molecule has 1 unspecified atom stereocenters. The van der Waals surface area contributed by atoms with E-state index in [0.29, 0.717) is 39.9 Å². The molecule has 1 aliphatic heterocycles. The molecule has 2 N–H and O–H groups in total. The van der Waals surface area contributed by atoms with Gasteiger partial charge in [-0.25, -0.2) is 14.2 Å². The third-order valence-electron chi connectivity index (χ3n) is 7.53. The molecule has 0 aliphatic carbocycles. The van der Waals surface area contributed by atoms with Crippen molar-refractivity contribution >= 4 is 45.7 Å². The minimum Gasteiger partial charge on any atom is -0.494 e. The summed E-state index contributed by atoms with van der Waals surface area (Å²) >= 11 is 5.76. The summed E-state index contributed by atoms with van der Waals surface area (Å²) in [6.45, 7) is 5.91. The number of nitrogens with one attached hydrogen (secondary N) is 1. The first-order valence-electron chi connectivity index (χ1n) is 13.6. The predicted molar refractivity (Wildman–Crippen MR) is 162 cm³/mol. The molecule has 44 heavy (non-hydrogen) atoms. The molecular formula is C33H27ClF3N3O4. The maximum atomic E-state index is 15.7. The number of hydrogen-bond acceptors (Lipinski definition) is 4. The van der Waals surface area contributed by atoms with Crippen molar-refractivity contribution in [3.05, 3.63) is 118 Å². The van der Waals surface area contributed by atoms with Crippen molar-refractivity contribution in [2.45, 2.75) is 31.9 Å². The predicted octanol–water partition coefficient (Wildman–Crippen LogP) is 8.30. The number of halogens is 4. The van der Waals surface area contributed by atoms with Crippen LogP contribution in [0, 0.1) is 5.82 Å². The number of benzene rings is 3. The highest BCUT2D eigenvalue weighted by molar-refractivity contribution is 6.25. The first-order valence-corrected chi connectivity index (χ1v) is 14.1. The second-order valence-electron chi connectivity index (χ2n) is 10.1. The molecule has 11 heteroatoms. The van der Waals surface area contributed by atoms with Gasteiger partial charge in [-0.05, 0) is 41.3 Å². The molecule has 5 rings (SSSR count). The molecular weight excluding hydrogens is 595 g/mol. The van der Waals surface area contributed by atoms with E-state index in [0.717, 1.165) is 6.07 Å². The van der Waals surface area contributed by atoms with Crippen LogP contribution in [0.25, 0.3) is 22.2 Å². The van der Waals surface area contributed by atoms with Crippen LogP contribution < -0.4 is 4.74 Å². The van der Waals surface area contributed by atoms with Gasteiger partial charge in [-0.1, -0.05) is 67.9 Å². The van der Waals surface area contributed by atoms with Gasteiger partial charge in [0.05, 0.1) is 29.7 Å². The number of amides is 1. The van der Waals surface area contributed by atoms with Gasteiger partial charge in [-0.15, -0.1) is 0 Å². The van der Waals surface area contributed by atoms with Crippen LogP contribution >= 0.6 is 11.6 Å². The molecule has 2 heterocycles. The number of aromatic nitrogens is 2. The van der Waals surface area contributed by atoms with Gasteiger partial charge in [-0.3, -0.25) is 9.69 Å². The third-order valence-corrected chi connectivity index (χ3v) is 7.68. The average Bonchev–Trinajstić information content (AvgIpc) is 3.51. The smallest absolute Gasteiger partial charge is 0.356 e. The van der Waals surface area contributed by atoms with Crippen LogP contribution in [0.2, 0.25) is 0 Å². The molecule has 3 aromatic carbocycles. The van der Waals surface area contributed by atoms with E-state index in [1.54, 1.807) is 12.1 Å². The lowest BCUT2D eigenvalue weighted by Gasteiger charge is -2.30. The fourth-order valence-electron chi connectivity index (χ4n) is 5.51. The first kappa shape index (κ1) is 30.6. The number of rotatable bonds is 9. The number of alkyl halides is 2. The maximum Gasteiger partial charge on any atom is 0.356 e. The number of carboxylic acids is 1. The van der Waals surface area contributed by atoms with Crippen molar-refractivity contribution in [1.29, 1.82) is 0 Å². The zero-order valence-corrected chi connectivity index (χ0v) is 24.5. The van der Waals surface area contributed by atoms with Crippen molar-refractivity contribution in [2.24, 2.45) is 0 Å².